The zero-order valence-corrected chi connectivity index (χ0v) is 12.8. The van der Waals surface area contributed by atoms with Crippen molar-refractivity contribution in [2.75, 3.05) is 0 Å². The van der Waals surface area contributed by atoms with E-state index in [2.05, 4.69) is 4.98 Å². The second kappa shape index (κ2) is 4.55. The third-order valence-corrected chi connectivity index (χ3v) is 4.84. The van der Waals surface area contributed by atoms with Gasteiger partial charge in [0.05, 0.1) is 17.1 Å². The molecule has 2 atom stereocenters. The maximum atomic E-state index is 11.0. The lowest BCUT2D eigenvalue weighted by Gasteiger charge is -2.32. The van der Waals surface area contributed by atoms with E-state index < -0.39 is 24.3 Å². The Morgan fingerprint density at radius 2 is 1.90 bits per heavy atom. The summed E-state index contributed by atoms with van der Waals surface area (Å²) in [4.78, 5) is 15.2. The molecule has 6 heteroatoms. The van der Waals surface area contributed by atoms with Crippen LogP contribution in [-0.2, 0) is 14.1 Å². The first-order chi connectivity index (χ1) is 9.71. The Hall–Kier alpha value is -1.40. The molecule has 0 aromatic carbocycles. The van der Waals surface area contributed by atoms with Crippen LogP contribution in [0.3, 0.4) is 0 Å². The van der Waals surface area contributed by atoms with E-state index in [4.69, 9.17) is 14.4 Å². The van der Waals surface area contributed by atoms with Crippen molar-refractivity contribution in [2.45, 2.75) is 51.2 Å². The first kappa shape index (κ1) is 14.5. The molecule has 0 radical (unpaired) electrons. The van der Waals surface area contributed by atoms with Gasteiger partial charge in [0.25, 0.3) is 0 Å². The van der Waals surface area contributed by atoms with Crippen LogP contribution >= 0.6 is 0 Å². The van der Waals surface area contributed by atoms with Crippen LogP contribution in [0.15, 0.2) is 18.5 Å². The Morgan fingerprint density at radius 3 is 2.43 bits per heavy atom. The van der Waals surface area contributed by atoms with Crippen molar-refractivity contribution < 1.29 is 19.2 Å². The minimum atomic E-state index is -0.735. The highest BCUT2D eigenvalue weighted by Gasteiger charge is 2.52. The zero-order valence-electron chi connectivity index (χ0n) is 12.8. The Morgan fingerprint density at radius 1 is 1.29 bits per heavy atom. The maximum Gasteiger partial charge on any atom is 0.496 e. The first-order valence-corrected chi connectivity index (χ1v) is 7.24. The lowest BCUT2D eigenvalue weighted by Crippen LogP contribution is -2.41. The van der Waals surface area contributed by atoms with Gasteiger partial charge in [-0.3, -0.25) is 9.78 Å². The van der Waals surface area contributed by atoms with Crippen LogP contribution in [0.1, 0.15) is 45.6 Å². The molecule has 2 heterocycles. The second-order valence-corrected chi connectivity index (χ2v) is 6.93. The van der Waals surface area contributed by atoms with Crippen molar-refractivity contribution in [3.63, 3.8) is 0 Å². The highest BCUT2D eigenvalue weighted by atomic mass is 16.7. The molecule has 0 bridgehead atoms. The number of carbonyl (C=O) groups is 1. The number of aromatic nitrogens is 1. The highest BCUT2D eigenvalue weighted by molar-refractivity contribution is 6.62. The number of carboxylic acid groups (broad SMARTS) is 1. The Kier molecular flexibility index (Phi) is 3.15. The Bertz CT molecular complexity index is 571. The Labute approximate surface area is 124 Å². The molecule has 2 aliphatic rings. The minimum Gasteiger partial charge on any atom is -0.481 e. The summed E-state index contributed by atoms with van der Waals surface area (Å²) in [7, 11) is -0.454. The second-order valence-electron chi connectivity index (χ2n) is 6.93. The monoisotopic (exact) mass is 289 g/mol. The molecule has 1 N–H and O–H groups in total. The normalized spacial score (nSPS) is 29.4. The molecule has 2 unspecified atom stereocenters. The first-order valence-electron chi connectivity index (χ1n) is 7.24. The zero-order chi connectivity index (χ0) is 15.4. The molecule has 5 nitrogen and oxygen atoms in total. The van der Waals surface area contributed by atoms with Gasteiger partial charge in [0.1, 0.15) is 0 Å². The van der Waals surface area contributed by atoms with Gasteiger partial charge in [-0.2, -0.15) is 0 Å². The number of nitrogens with zero attached hydrogens (tertiary/aromatic N) is 1. The summed E-state index contributed by atoms with van der Waals surface area (Å²) in [6.45, 7) is 8.02. The Balaban J connectivity index is 1.81. The van der Waals surface area contributed by atoms with Gasteiger partial charge in [-0.25, -0.2) is 0 Å². The maximum absolute atomic E-state index is 11.0. The van der Waals surface area contributed by atoms with E-state index in [0.717, 1.165) is 11.0 Å². The van der Waals surface area contributed by atoms with Gasteiger partial charge in [0, 0.05) is 17.9 Å². The minimum absolute atomic E-state index is 0.0670. The van der Waals surface area contributed by atoms with Crippen LogP contribution in [0.2, 0.25) is 0 Å². The average molecular weight is 289 g/mol. The summed E-state index contributed by atoms with van der Waals surface area (Å²) < 4.78 is 12.0. The van der Waals surface area contributed by atoms with Crippen molar-refractivity contribution >= 4 is 18.6 Å². The summed E-state index contributed by atoms with van der Waals surface area (Å²) in [6, 6.07) is 1.96. The van der Waals surface area contributed by atoms with E-state index in [0.29, 0.717) is 6.42 Å². The van der Waals surface area contributed by atoms with Crippen LogP contribution in [0.25, 0.3) is 0 Å². The van der Waals surface area contributed by atoms with Crippen LogP contribution in [0.4, 0.5) is 0 Å². The van der Waals surface area contributed by atoms with E-state index in [9.17, 15) is 4.79 Å². The average Bonchev–Trinajstić information content (AvgIpc) is 3.14. The summed E-state index contributed by atoms with van der Waals surface area (Å²) in [5.41, 5.74) is 1.02. The molecule has 3 rings (SSSR count). The standard InChI is InChI=1S/C15H20BNO4/c1-14(2)15(3,4)21-16(20-14)10-5-9(7-17-8-10)11-6-12(11)13(18)19/h5,7-8,11-12H,6H2,1-4H3,(H,18,19). The molecule has 1 saturated heterocycles. The molecule has 1 aliphatic heterocycles. The summed E-state index contributed by atoms with van der Waals surface area (Å²) in [5.74, 6) is -0.946. The van der Waals surface area contributed by atoms with Crippen LogP contribution in [-0.4, -0.2) is 34.4 Å². The number of pyridine rings is 1. The molecule has 21 heavy (non-hydrogen) atoms. The quantitative estimate of drug-likeness (QED) is 0.855. The summed E-state index contributed by atoms with van der Waals surface area (Å²) in [6.07, 6.45) is 4.15. The molecule has 0 spiro atoms. The molecular formula is C15H20BNO4. The fraction of sp³-hybridized carbons (Fsp3) is 0.600. The largest absolute Gasteiger partial charge is 0.496 e. The fourth-order valence-electron chi connectivity index (χ4n) is 2.62. The SMILES string of the molecule is CC1(C)OB(c2cncc(C3CC3C(=O)O)c2)OC1(C)C. The number of rotatable bonds is 3. The van der Waals surface area contributed by atoms with Crippen molar-refractivity contribution in [2.24, 2.45) is 5.92 Å². The van der Waals surface area contributed by atoms with Gasteiger partial charge in [-0.15, -0.1) is 0 Å². The smallest absolute Gasteiger partial charge is 0.481 e. The molecule has 2 fully saturated rings. The van der Waals surface area contributed by atoms with E-state index in [1.165, 1.54) is 0 Å². The lowest BCUT2D eigenvalue weighted by molar-refractivity contribution is -0.138. The van der Waals surface area contributed by atoms with Gasteiger partial charge in [-0.1, -0.05) is 6.07 Å². The fourth-order valence-corrected chi connectivity index (χ4v) is 2.62. The number of aliphatic carboxylic acids is 1. The van der Waals surface area contributed by atoms with Gasteiger partial charge in [-0.05, 0) is 45.6 Å². The number of hydrogen-bond donors (Lipinski definition) is 1. The van der Waals surface area contributed by atoms with Crippen molar-refractivity contribution in [3.8, 4) is 0 Å². The van der Waals surface area contributed by atoms with Crippen molar-refractivity contribution in [3.05, 3.63) is 24.0 Å². The third kappa shape index (κ3) is 2.47. The number of hydrogen-bond acceptors (Lipinski definition) is 4. The van der Waals surface area contributed by atoms with Gasteiger partial charge in [0.2, 0.25) is 0 Å². The van der Waals surface area contributed by atoms with E-state index >= 15 is 0 Å². The van der Waals surface area contributed by atoms with Gasteiger partial charge < -0.3 is 14.4 Å². The van der Waals surface area contributed by atoms with Gasteiger partial charge in [0.15, 0.2) is 0 Å². The lowest BCUT2D eigenvalue weighted by atomic mass is 9.79. The predicted octanol–water partition coefficient (Wildman–Crippen LogP) is 1.57. The summed E-state index contributed by atoms with van der Waals surface area (Å²) in [5, 5.41) is 9.03. The molecule has 112 valence electrons. The molecule has 1 saturated carbocycles. The van der Waals surface area contributed by atoms with E-state index in [1.54, 1.807) is 12.4 Å². The van der Waals surface area contributed by atoms with E-state index in [1.807, 2.05) is 33.8 Å². The van der Waals surface area contributed by atoms with Gasteiger partial charge >= 0.3 is 13.1 Å². The molecule has 1 aromatic heterocycles. The molecule has 1 aromatic rings. The van der Waals surface area contributed by atoms with E-state index in [-0.39, 0.29) is 11.8 Å². The number of carboxylic acids is 1. The van der Waals surface area contributed by atoms with Crippen molar-refractivity contribution in [1.82, 2.24) is 4.98 Å². The van der Waals surface area contributed by atoms with Crippen LogP contribution in [0.5, 0.6) is 0 Å². The molecule has 0 amide bonds. The predicted molar refractivity (Wildman–Crippen MR) is 78.4 cm³/mol. The molecular weight excluding hydrogens is 269 g/mol. The summed E-state index contributed by atoms with van der Waals surface area (Å²) >= 11 is 0. The van der Waals surface area contributed by atoms with Crippen molar-refractivity contribution in [1.29, 1.82) is 0 Å². The van der Waals surface area contributed by atoms with Crippen LogP contribution < -0.4 is 5.46 Å². The van der Waals surface area contributed by atoms with Crippen LogP contribution in [0, 0.1) is 5.92 Å². The topological polar surface area (TPSA) is 68.7 Å². The molecule has 1 aliphatic carbocycles. The third-order valence-electron chi connectivity index (χ3n) is 4.84. The highest BCUT2D eigenvalue weighted by Crippen LogP contribution is 2.47.